The molecule has 0 radical (unpaired) electrons. The van der Waals surface area contributed by atoms with E-state index in [1.165, 1.54) is 6.07 Å². The third-order valence-electron chi connectivity index (χ3n) is 3.79. The molecule has 144 valence electrons. The molecule has 1 N–H and O–H groups in total. The minimum absolute atomic E-state index is 0.0542. The molecule has 2 aromatic rings. The van der Waals surface area contributed by atoms with Crippen molar-refractivity contribution < 1.29 is 23.5 Å². The van der Waals surface area contributed by atoms with Crippen LogP contribution in [0, 0.1) is 12.7 Å². The summed E-state index contributed by atoms with van der Waals surface area (Å²) >= 11 is 5.82. The van der Waals surface area contributed by atoms with Crippen molar-refractivity contribution in [3.05, 3.63) is 58.4 Å². The number of aryl methyl sites for hydroxylation is 1. The number of hydrogen-bond donors (Lipinski definition) is 1. The summed E-state index contributed by atoms with van der Waals surface area (Å²) in [4.78, 5) is 23.6. The molecule has 0 saturated heterocycles. The first kappa shape index (κ1) is 20.7. The Morgan fingerprint density at radius 3 is 2.56 bits per heavy atom. The summed E-state index contributed by atoms with van der Waals surface area (Å²) < 4.78 is 23.4. The van der Waals surface area contributed by atoms with Crippen LogP contribution in [-0.4, -0.2) is 25.1 Å². The number of ether oxygens (including phenoxy) is 2. The molecule has 0 aromatic heterocycles. The van der Waals surface area contributed by atoms with Gasteiger partial charge in [-0.15, -0.1) is 0 Å². The number of halogens is 2. The van der Waals surface area contributed by atoms with Gasteiger partial charge in [0.15, 0.2) is 13.2 Å². The third kappa shape index (κ3) is 6.25. The Hall–Kier alpha value is -2.60. The van der Waals surface area contributed by atoms with Crippen molar-refractivity contribution in [2.45, 2.75) is 26.7 Å². The number of nitrogens with one attached hydrogen (secondary N) is 1. The van der Waals surface area contributed by atoms with Crippen LogP contribution in [0.3, 0.4) is 0 Å². The Bertz CT molecular complexity index is 839. The fourth-order valence-electron chi connectivity index (χ4n) is 2.23. The number of amides is 1. The maximum atomic E-state index is 13.0. The van der Waals surface area contributed by atoms with Crippen molar-refractivity contribution in [3.8, 4) is 5.75 Å². The summed E-state index contributed by atoms with van der Waals surface area (Å²) in [6, 6.07) is 9.38. The second-order valence-electron chi connectivity index (χ2n) is 6.30. The molecule has 1 amide bonds. The molecular formula is C20H21ClFNO4. The van der Waals surface area contributed by atoms with Gasteiger partial charge in [0.05, 0.1) is 10.7 Å². The smallest absolute Gasteiger partial charge is 0.344 e. The van der Waals surface area contributed by atoms with Gasteiger partial charge in [-0.2, -0.15) is 0 Å². The fraction of sp³-hybridized carbons (Fsp3) is 0.300. The second kappa shape index (κ2) is 9.37. The van der Waals surface area contributed by atoms with Gasteiger partial charge in [-0.3, -0.25) is 4.79 Å². The molecule has 0 heterocycles. The van der Waals surface area contributed by atoms with Gasteiger partial charge in [0, 0.05) is 0 Å². The zero-order valence-corrected chi connectivity index (χ0v) is 16.1. The van der Waals surface area contributed by atoms with Crippen molar-refractivity contribution >= 4 is 29.2 Å². The first-order valence-electron chi connectivity index (χ1n) is 8.40. The molecule has 0 bridgehead atoms. The van der Waals surface area contributed by atoms with Gasteiger partial charge in [0.2, 0.25) is 0 Å². The molecule has 0 aliphatic carbocycles. The maximum absolute atomic E-state index is 13.0. The Balaban J connectivity index is 1.82. The number of carbonyl (C=O) groups is 2. The number of hydrogen-bond acceptors (Lipinski definition) is 4. The molecule has 0 atom stereocenters. The number of anilines is 1. The number of carbonyl (C=O) groups excluding carboxylic acids is 2. The topological polar surface area (TPSA) is 64.6 Å². The Labute approximate surface area is 162 Å². The van der Waals surface area contributed by atoms with Gasteiger partial charge in [-0.05, 0) is 48.2 Å². The minimum Gasteiger partial charge on any atom is -0.482 e. The molecule has 0 fully saturated rings. The average Bonchev–Trinajstić information content (AvgIpc) is 2.61. The number of rotatable bonds is 7. The van der Waals surface area contributed by atoms with Crippen LogP contribution in [-0.2, 0) is 14.3 Å². The molecule has 2 aromatic carbocycles. The predicted octanol–water partition coefficient (Wildman–Crippen LogP) is 4.47. The average molecular weight is 394 g/mol. The standard InChI is InChI=1S/C20H21ClFNO4/c1-12(2)14-5-4-13(3)18(8-14)26-11-20(25)27-10-19(24)23-17-7-6-15(22)9-16(17)21/h4-9,12H,10-11H2,1-3H3,(H,23,24). The molecule has 5 nitrogen and oxygen atoms in total. The molecule has 0 aliphatic rings. The third-order valence-corrected chi connectivity index (χ3v) is 4.11. The Kier molecular flexibility index (Phi) is 7.19. The highest BCUT2D eigenvalue weighted by Gasteiger charge is 2.12. The van der Waals surface area contributed by atoms with E-state index in [1.807, 2.05) is 25.1 Å². The largest absolute Gasteiger partial charge is 0.482 e. The van der Waals surface area contributed by atoms with Gasteiger partial charge < -0.3 is 14.8 Å². The van der Waals surface area contributed by atoms with E-state index >= 15 is 0 Å². The van der Waals surface area contributed by atoms with E-state index in [9.17, 15) is 14.0 Å². The molecule has 0 unspecified atom stereocenters. The van der Waals surface area contributed by atoms with Crippen LogP contribution in [0.2, 0.25) is 5.02 Å². The highest BCUT2D eigenvalue weighted by molar-refractivity contribution is 6.33. The van der Waals surface area contributed by atoms with E-state index in [2.05, 4.69) is 19.2 Å². The normalized spacial score (nSPS) is 10.6. The monoisotopic (exact) mass is 393 g/mol. The van der Waals surface area contributed by atoms with Crippen molar-refractivity contribution in [3.63, 3.8) is 0 Å². The highest BCUT2D eigenvalue weighted by Crippen LogP contribution is 2.24. The zero-order valence-electron chi connectivity index (χ0n) is 15.3. The van der Waals surface area contributed by atoms with Gasteiger partial charge >= 0.3 is 5.97 Å². The first-order valence-corrected chi connectivity index (χ1v) is 8.78. The van der Waals surface area contributed by atoms with Gasteiger partial charge in [-0.25, -0.2) is 9.18 Å². The van der Waals surface area contributed by atoms with Gasteiger partial charge in [0.1, 0.15) is 11.6 Å². The lowest BCUT2D eigenvalue weighted by Crippen LogP contribution is -2.24. The maximum Gasteiger partial charge on any atom is 0.344 e. The molecular weight excluding hydrogens is 373 g/mol. The molecule has 0 aliphatic heterocycles. The molecule has 2 rings (SSSR count). The summed E-state index contributed by atoms with van der Waals surface area (Å²) in [6.07, 6.45) is 0. The van der Waals surface area contributed by atoms with Crippen molar-refractivity contribution in [2.75, 3.05) is 18.5 Å². The zero-order chi connectivity index (χ0) is 20.0. The SMILES string of the molecule is Cc1ccc(C(C)C)cc1OCC(=O)OCC(=O)Nc1ccc(F)cc1Cl. The van der Waals surface area contributed by atoms with Crippen LogP contribution in [0.1, 0.15) is 30.9 Å². The minimum atomic E-state index is -0.676. The summed E-state index contributed by atoms with van der Waals surface area (Å²) in [7, 11) is 0. The van der Waals surface area contributed by atoms with Crippen LogP contribution in [0.15, 0.2) is 36.4 Å². The van der Waals surface area contributed by atoms with Gasteiger partial charge in [0.25, 0.3) is 5.91 Å². The van der Waals surface area contributed by atoms with Crippen molar-refractivity contribution in [2.24, 2.45) is 0 Å². The van der Waals surface area contributed by atoms with Crippen molar-refractivity contribution in [1.29, 1.82) is 0 Å². The predicted molar refractivity (Wildman–Crippen MR) is 102 cm³/mol. The van der Waals surface area contributed by atoms with E-state index in [4.69, 9.17) is 21.1 Å². The Morgan fingerprint density at radius 1 is 1.15 bits per heavy atom. The number of benzene rings is 2. The summed E-state index contributed by atoms with van der Waals surface area (Å²) in [5, 5.41) is 2.49. The number of esters is 1. The summed E-state index contributed by atoms with van der Waals surface area (Å²) in [5.41, 5.74) is 2.23. The molecule has 0 saturated carbocycles. The van der Waals surface area contributed by atoms with Crippen LogP contribution in [0.25, 0.3) is 0 Å². The quantitative estimate of drug-likeness (QED) is 0.705. The molecule has 7 heteroatoms. The van der Waals surface area contributed by atoms with Crippen LogP contribution >= 0.6 is 11.6 Å². The molecule has 27 heavy (non-hydrogen) atoms. The van der Waals surface area contributed by atoms with Crippen LogP contribution in [0.5, 0.6) is 5.75 Å². The van der Waals surface area contributed by atoms with E-state index < -0.39 is 24.3 Å². The second-order valence-corrected chi connectivity index (χ2v) is 6.71. The Morgan fingerprint density at radius 2 is 1.89 bits per heavy atom. The van der Waals surface area contributed by atoms with Crippen LogP contribution < -0.4 is 10.1 Å². The molecule has 0 spiro atoms. The van der Waals surface area contributed by atoms with Crippen LogP contribution in [0.4, 0.5) is 10.1 Å². The lowest BCUT2D eigenvalue weighted by Gasteiger charge is -2.12. The first-order chi connectivity index (χ1) is 12.8. The lowest BCUT2D eigenvalue weighted by atomic mass is 10.0. The summed E-state index contributed by atoms with van der Waals surface area (Å²) in [5.74, 6) is -0.847. The fourth-order valence-corrected chi connectivity index (χ4v) is 2.45. The lowest BCUT2D eigenvalue weighted by molar-refractivity contribution is -0.149. The summed E-state index contributed by atoms with van der Waals surface area (Å²) in [6.45, 7) is 5.20. The van der Waals surface area contributed by atoms with E-state index in [-0.39, 0.29) is 17.3 Å². The van der Waals surface area contributed by atoms with Crippen molar-refractivity contribution in [1.82, 2.24) is 0 Å². The van der Waals surface area contributed by atoms with E-state index in [0.29, 0.717) is 11.7 Å². The highest BCUT2D eigenvalue weighted by atomic mass is 35.5. The van der Waals surface area contributed by atoms with E-state index in [1.54, 1.807) is 0 Å². The van der Waals surface area contributed by atoms with Gasteiger partial charge in [-0.1, -0.05) is 37.6 Å². The van der Waals surface area contributed by atoms with E-state index in [0.717, 1.165) is 23.3 Å².